The van der Waals surface area contributed by atoms with Crippen molar-refractivity contribution in [3.8, 4) is 5.88 Å². The van der Waals surface area contributed by atoms with Gasteiger partial charge in [-0.3, -0.25) is 9.80 Å². The summed E-state index contributed by atoms with van der Waals surface area (Å²) in [5.74, 6) is 0.348. The zero-order valence-corrected chi connectivity index (χ0v) is 24.3. The number of ketones is 1. The molecule has 0 unspecified atom stereocenters. The highest BCUT2D eigenvalue weighted by molar-refractivity contribution is 7.91. The van der Waals surface area contributed by atoms with E-state index in [1.807, 2.05) is 30.1 Å². The lowest BCUT2D eigenvalue weighted by Crippen LogP contribution is -2.23. The summed E-state index contributed by atoms with van der Waals surface area (Å²) in [6.45, 7) is 3.25. The fourth-order valence-electron chi connectivity index (χ4n) is 4.10. The van der Waals surface area contributed by atoms with Crippen LogP contribution in [-0.4, -0.2) is 99.6 Å². The van der Waals surface area contributed by atoms with Crippen molar-refractivity contribution in [2.45, 2.75) is 30.6 Å². The summed E-state index contributed by atoms with van der Waals surface area (Å²) in [6.07, 6.45) is 2.53. The molecule has 0 radical (unpaired) electrons. The number of fused-ring (bicyclic) bond motifs is 1. The van der Waals surface area contributed by atoms with Crippen LogP contribution in [0.5, 0.6) is 5.88 Å². The molecule has 4 rings (SSSR count). The second kappa shape index (κ2) is 13.4. The second-order valence-corrected chi connectivity index (χ2v) is 12.8. The van der Waals surface area contributed by atoms with Gasteiger partial charge in [0.1, 0.15) is 27.7 Å². The summed E-state index contributed by atoms with van der Waals surface area (Å²) in [6, 6.07) is 10.0. The Kier molecular flexibility index (Phi) is 10.0. The van der Waals surface area contributed by atoms with Gasteiger partial charge in [0, 0.05) is 45.0 Å². The fraction of sp³-hybridized carbons (Fsp3) is 0.481. The molecule has 1 aliphatic heterocycles. The number of hydrazone groups is 1. The van der Waals surface area contributed by atoms with Crippen molar-refractivity contribution < 1.29 is 22.7 Å². The molecule has 1 fully saturated rings. The van der Waals surface area contributed by atoms with Gasteiger partial charge in [-0.05, 0) is 51.6 Å². The van der Waals surface area contributed by atoms with Gasteiger partial charge in [0.25, 0.3) is 0 Å². The first-order chi connectivity index (χ1) is 18.7. The highest BCUT2D eigenvalue weighted by Crippen LogP contribution is 2.24. The Morgan fingerprint density at radius 2 is 1.82 bits per heavy atom. The molecule has 0 spiro atoms. The van der Waals surface area contributed by atoms with Gasteiger partial charge < -0.3 is 14.4 Å². The number of carbonyl (C=O) groups excluding carboxylic acids is 1. The molecular weight excluding hydrogens is 538 g/mol. The number of benzene rings is 1. The molecule has 2 aromatic heterocycles. The Hall–Kier alpha value is -2.93. The van der Waals surface area contributed by atoms with E-state index >= 15 is 0 Å². The van der Waals surface area contributed by atoms with E-state index < -0.39 is 9.84 Å². The molecule has 1 aliphatic rings. The lowest BCUT2D eigenvalue weighted by molar-refractivity contribution is -0.112. The van der Waals surface area contributed by atoms with Crippen LogP contribution in [0, 0.1) is 0 Å². The first-order valence-electron chi connectivity index (χ1n) is 13.0. The maximum absolute atomic E-state index is 13.5. The van der Waals surface area contributed by atoms with Crippen molar-refractivity contribution in [1.29, 1.82) is 0 Å². The Balaban J connectivity index is 1.52. The molecular formula is C27H35N5O5S2. The first kappa shape index (κ1) is 29.1. The SMILES string of the molecule is COCCCS(=O)(=O)c1ccc(/C(=N\N2CCCC2)C(=O)Cc2nc3ccc(OCCN(C)C)nc3s2)cc1. The van der Waals surface area contributed by atoms with Crippen LogP contribution in [0.15, 0.2) is 46.4 Å². The first-order valence-corrected chi connectivity index (χ1v) is 15.4. The average Bonchev–Trinajstić information content (AvgIpc) is 3.56. The predicted molar refractivity (Wildman–Crippen MR) is 153 cm³/mol. The van der Waals surface area contributed by atoms with Crippen molar-refractivity contribution in [2.24, 2.45) is 5.10 Å². The Morgan fingerprint density at radius 1 is 1.08 bits per heavy atom. The molecule has 3 aromatic rings. The van der Waals surface area contributed by atoms with Crippen LogP contribution < -0.4 is 4.74 Å². The number of methoxy groups -OCH3 is 1. The number of hydrogen-bond acceptors (Lipinski definition) is 11. The molecule has 0 N–H and O–H groups in total. The number of Topliss-reactive ketones (excluding diaryl/α,β-unsaturated/α-hetero) is 1. The zero-order valence-electron chi connectivity index (χ0n) is 22.6. The molecule has 0 aliphatic carbocycles. The van der Waals surface area contributed by atoms with E-state index in [1.54, 1.807) is 37.4 Å². The maximum atomic E-state index is 13.5. The van der Waals surface area contributed by atoms with E-state index in [9.17, 15) is 13.2 Å². The molecule has 0 amide bonds. The predicted octanol–water partition coefficient (Wildman–Crippen LogP) is 3.05. The summed E-state index contributed by atoms with van der Waals surface area (Å²) in [4.78, 5) is 25.6. The van der Waals surface area contributed by atoms with Gasteiger partial charge in [-0.2, -0.15) is 5.10 Å². The van der Waals surface area contributed by atoms with Gasteiger partial charge in [-0.1, -0.05) is 23.5 Å². The maximum Gasteiger partial charge on any atom is 0.214 e. The molecule has 12 heteroatoms. The molecule has 39 heavy (non-hydrogen) atoms. The van der Waals surface area contributed by atoms with Gasteiger partial charge in [0.05, 0.1) is 17.1 Å². The number of nitrogens with zero attached hydrogens (tertiary/aromatic N) is 5. The molecule has 0 bridgehead atoms. The quantitative estimate of drug-likeness (QED) is 0.212. The minimum atomic E-state index is -3.44. The standard InChI is InChI=1S/C27H35N5O5S2/c1-31(2)15-17-37-24-12-11-22-27(29-24)38-25(28-22)19-23(33)26(30-32-13-4-5-14-32)20-7-9-21(10-8-20)39(34,35)18-6-16-36-3/h7-12H,4-6,13-19H2,1-3H3/b30-26+. The summed E-state index contributed by atoms with van der Waals surface area (Å²) >= 11 is 1.36. The number of thiazole rings is 1. The topological polar surface area (TPSA) is 114 Å². The third-order valence-corrected chi connectivity index (χ3v) is 8.99. The van der Waals surface area contributed by atoms with Crippen molar-refractivity contribution >= 4 is 43.0 Å². The van der Waals surface area contributed by atoms with E-state index in [-0.39, 0.29) is 22.9 Å². The number of hydrogen-bond donors (Lipinski definition) is 0. The number of rotatable bonds is 14. The van der Waals surface area contributed by atoms with Crippen LogP contribution in [0.2, 0.25) is 0 Å². The zero-order chi connectivity index (χ0) is 27.8. The van der Waals surface area contributed by atoms with Crippen molar-refractivity contribution in [3.05, 3.63) is 47.0 Å². The minimum Gasteiger partial charge on any atom is -0.476 e. The number of likely N-dealkylation sites (N-methyl/N-ethyl adjacent to an activating group) is 1. The molecule has 210 valence electrons. The highest BCUT2D eigenvalue weighted by atomic mass is 32.2. The van der Waals surface area contributed by atoms with E-state index in [4.69, 9.17) is 9.47 Å². The third kappa shape index (κ3) is 8.04. The highest BCUT2D eigenvalue weighted by Gasteiger charge is 2.22. The van der Waals surface area contributed by atoms with Crippen molar-refractivity contribution in [3.63, 3.8) is 0 Å². The Morgan fingerprint density at radius 3 is 2.51 bits per heavy atom. The lowest BCUT2D eigenvalue weighted by atomic mass is 10.0. The molecule has 10 nitrogen and oxygen atoms in total. The summed E-state index contributed by atoms with van der Waals surface area (Å²) in [7, 11) is 2.07. The largest absolute Gasteiger partial charge is 0.476 e. The normalized spacial score (nSPS) is 14.5. The minimum absolute atomic E-state index is 0.00188. The number of pyridine rings is 1. The van der Waals surface area contributed by atoms with Crippen LogP contribution in [0.4, 0.5) is 0 Å². The molecule has 0 saturated carbocycles. The lowest BCUT2D eigenvalue weighted by Gasteiger charge is -2.14. The van der Waals surface area contributed by atoms with Crippen LogP contribution >= 0.6 is 11.3 Å². The van der Waals surface area contributed by atoms with E-state index in [0.29, 0.717) is 52.1 Å². The van der Waals surface area contributed by atoms with Crippen LogP contribution in [0.1, 0.15) is 29.8 Å². The van der Waals surface area contributed by atoms with Gasteiger partial charge in [-0.15, -0.1) is 0 Å². The van der Waals surface area contributed by atoms with Crippen LogP contribution in [-0.2, 0) is 25.8 Å². The fourth-order valence-corrected chi connectivity index (χ4v) is 6.31. The molecule has 0 atom stereocenters. The van der Waals surface area contributed by atoms with Crippen molar-refractivity contribution in [1.82, 2.24) is 19.9 Å². The summed E-state index contributed by atoms with van der Waals surface area (Å²) < 4.78 is 36.0. The van der Waals surface area contributed by atoms with Gasteiger partial charge in [0.15, 0.2) is 15.6 Å². The van der Waals surface area contributed by atoms with Gasteiger partial charge in [-0.25, -0.2) is 18.4 Å². The second-order valence-electron chi connectivity index (χ2n) is 9.63. The van der Waals surface area contributed by atoms with Crippen LogP contribution in [0.25, 0.3) is 10.3 Å². The van der Waals surface area contributed by atoms with E-state index in [1.165, 1.54) is 11.3 Å². The van der Waals surface area contributed by atoms with E-state index in [2.05, 4.69) is 15.1 Å². The van der Waals surface area contributed by atoms with Gasteiger partial charge >= 0.3 is 0 Å². The number of carbonyl (C=O) groups is 1. The average molecular weight is 574 g/mol. The summed E-state index contributed by atoms with van der Waals surface area (Å²) in [5, 5.41) is 7.22. The number of sulfone groups is 1. The number of aromatic nitrogens is 2. The van der Waals surface area contributed by atoms with Gasteiger partial charge in [0.2, 0.25) is 5.88 Å². The van der Waals surface area contributed by atoms with Crippen molar-refractivity contribution in [2.75, 3.05) is 59.8 Å². The summed E-state index contributed by atoms with van der Waals surface area (Å²) in [5.41, 5.74) is 1.60. The third-order valence-electron chi connectivity index (χ3n) is 6.21. The Labute approximate surface area is 233 Å². The Bertz CT molecular complexity index is 1400. The van der Waals surface area contributed by atoms with Crippen LogP contribution in [0.3, 0.4) is 0 Å². The molecule has 3 heterocycles. The molecule has 1 saturated heterocycles. The molecule has 1 aromatic carbocycles. The smallest absolute Gasteiger partial charge is 0.214 e. The number of ether oxygens (including phenoxy) is 2. The monoisotopic (exact) mass is 573 g/mol. The van der Waals surface area contributed by atoms with E-state index in [0.717, 1.165) is 32.5 Å².